The van der Waals surface area contributed by atoms with Gasteiger partial charge in [-0.3, -0.25) is 4.79 Å². The number of carbonyl (C=O) groups is 2. The summed E-state index contributed by atoms with van der Waals surface area (Å²) >= 11 is 0.345. The van der Waals surface area contributed by atoms with Crippen molar-refractivity contribution in [2.45, 2.75) is 50.9 Å². The second-order valence-electron chi connectivity index (χ2n) is 7.71. The molecule has 0 bridgehead atoms. The van der Waals surface area contributed by atoms with Gasteiger partial charge in [-0.05, 0) is 19.9 Å². The largest absolute Gasteiger partial charge is 0.476 e. The summed E-state index contributed by atoms with van der Waals surface area (Å²) in [5.41, 5.74) is -1.94. The van der Waals surface area contributed by atoms with Gasteiger partial charge >= 0.3 is 12.1 Å². The van der Waals surface area contributed by atoms with Crippen LogP contribution in [0.3, 0.4) is 0 Å². The Labute approximate surface area is 240 Å². The van der Waals surface area contributed by atoms with E-state index in [9.17, 15) is 45.4 Å². The zero-order valence-electron chi connectivity index (χ0n) is 18.5. The van der Waals surface area contributed by atoms with Crippen molar-refractivity contribution in [3.05, 3.63) is 28.5 Å². The van der Waals surface area contributed by atoms with E-state index < -0.39 is 83.1 Å². The van der Waals surface area contributed by atoms with Crippen LogP contribution in [0.5, 0.6) is 0 Å². The molecule has 1 radical (unpaired) electrons. The van der Waals surface area contributed by atoms with Crippen molar-refractivity contribution in [3.8, 4) is 10.4 Å². The van der Waals surface area contributed by atoms with Gasteiger partial charge in [0.15, 0.2) is 0 Å². The number of thiazole rings is 1. The predicted octanol–water partition coefficient (Wildman–Crippen LogP) is 4.69. The van der Waals surface area contributed by atoms with Crippen molar-refractivity contribution >= 4 is 80.4 Å². The van der Waals surface area contributed by atoms with Crippen LogP contribution in [0, 0.1) is 0 Å². The molecular formula is C19H17F7KN4O3S. The average molecular weight is 554 g/mol. The number of hydrogen-bond acceptors (Lipinski definition) is 6. The maximum absolute atomic E-state index is 13.8. The third kappa shape index (κ3) is 6.71. The van der Waals surface area contributed by atoms with E-state index in [0.29, 0.717) is 17.4 Å². The molecule has 0 saturated carbocycles. The second kappa shape index (κ2) is 11.0. The number of nitrogens with one attached hydrogen (secondary N) is 1. The molecule has 1 aliphatic heterocycles. The zero-order valence-corrected chi connectivity index (χ0v) is 22.4. The van der Waals surface area contributed by atoms with Crippen LogP contribution in [0.25, 0.3) is 10.4 Å². The van der Waals surface area contributed by atoms with E-state index in [4.69, 9.17) is 0 Å². The molecule has 187 valence electrons. The number of alkyl halides is 7. The van der Waals surface area contributed by atoms with Crippen LogP contribution in [0.1, 0.15) is 52.5 Å². The van der Waals surface area contributed by atoms with Crippen molar-refractivity contribution in [2.24, 2.45) is 0 Å². The summed E-state index contributed by atoms with van der Waals surface area (Å²) < 4.78 is 93.6. The number of halogens is 7. The number of hydrogen-bond donors (Lipinski definition) is 2. The van der Waals surface area contributed by atoms with Gasteiger partial charge in [0.25, 0.3) is 18.3 Å². The summed E-state index contributed by atoms with van der Waals surface area (Å²) in [6, 6.07) is -2.41. The molecule has 35 heavy (non-hydrogen) atoms. The van der Waals surface area contributed by atoms with Crippen LogP contribution in [0.15, 0.2) is 12.3 Å². The molecule has 1 saturated heterocycles. The maximum Gasteiger partial charge on any atom is 0.408 e. The van der Waals surface area contributed by atoms with Gasteiger partial charge in [-0.15, -0.1) is 11.3 Å². The maximum atomic E-state index is 13.8. The molecule has 3 rings (SSSR count). The number of carboxylic acid groups (broad SMARTS) is 1. The number of likely N-dealkylation sites (tertiary alicyclic amines) is 1. The minimum absolute atomic E-state index is 0. The first kappa shape index (κ1) is 29.9. The van der Waals surface area contributed by atoms with Gasteiger partial charge in [0.05, 0.1) is 11.4 Å². The smallest absolute Gasteiger partial charge is 0.408 e. The van der Waals surface area contributed by atoms with E-state index in [1.807, 2.05) is 5.32 Å². The van der Waals surface area contributed by atoms with E-state index in [2.05, 4.69) is 9.97 Å². The van der Waals surface area contributed by atoms with Crippen LogP contribution in [-0.4, -0.2) is 114 Å². The number of carbonyl (C=O) groups excluding carboxylic acids is 1. The molecule has 0 unspecified atom stereocenters. The molecule has 2 N–H and O–H groups in total. The summed E-state index contributed by atoms with van der Waals surface area (Å²) in [4.78, 5) is 32.1. The van der Waals surface area contributed by atoms with Crippen molar-refractivity contribution in [1.82, 2.24) is 14.9 Å². The van der Waals surface area contributed by atoms with Gasteiger partial charge in [-0.25, -0.2) is 32.3 Å². The standard InChI is InChI=1S/C19H17F7N4O3S.K/c1-7-4-18(22,23)6-30(7)16(31)12-13(34-15(29-12)17(32)33)10-5-27-11(3-9(10)14(20)21)28-8(2)19(24,25)26;/h3,5,7-8,14H,4,6H2,1-2H3,(H,27,28)(H,32,33);/t7-,8-;/m0./s1. The van der Waals surface area contributed by atoms with Crippen LogP contribution < -0.4 is 5.32 Å². The molecule has 1 aliphatic rings. The minimum Gasteiger partial charge on any atom is -0.476 e. The van der Waals surface area contributed by atoms with E-state index >= 15 is 0 Å². The number of aromatic carboxylic acids is 1. The van der Waals surface area contributed by atoms with E-state index in [1.54, 1.807) is 0 Å². The molecule has 2 aromatic rings. The molecule has 0 aliphatic carbocycles. The number of anilines is 1. The first-order valence-electron chi connectivity index (χ1n) is 9.65. The summed E-state index contributed by atoms with van der Waals surface area (Å²) in [6.45, 7) is 1.13. The van der Waals surface area contributed by atoms with E-state index in [1.165, 1.54) is 6.92 Å². The Bertz CT molecular complexity index is 1110. The second-order valence-corrected chi connectivity index (χ2v) is 8.71. The Morgan fingerprint density at radius 3 is 2.43 bits per heavy atom. The fourth-order valence-electron chi connectivity index (χ4n) is 3.38. The predicted molar refractivity (Wildman–Crippen MR) is 112 cm³/mol. The van der Waals surface area contributed by atoms with Crippen LogP contribution in [-0.2, 0) is 0 Å². The molecule has 16 heteroatoms. The fraction of sp³-hybridized carbons (Fsp3) is 0.474. The Balaban J connectivity index is 0.00000432. The van der Waals surface area contributed by atoms with Crippen molar-refractivity contribution in [3.63, 3.8) is 0 Å². The summed E-state index contributed by atoms with van der Waals surface area (Å²) in [7, 11) is 0. The molecule has 0 spiro atoms. The van der Waals surface area contributed by atoms with Gasteiger partial charge in [-0.1, -0.05) is 0 Å². The molecule has 2 atom stereocenters. The molecule has 3 heterocycles. The number of carboxylic acids is 1. The third-order valence-corrected chi connectivity index (χ3v) is 6.15. The molecular weight excluding hydrogens is 536 g/mol. The van der Waals surface area contributed by atoms with E-state index in [0.717, 1.165) is 18.0 Å². The Morgan fingerprint density at radius 1 is 1.31 bits per heavy atom. The summed E-state index contributed by atoms with van der Waals surface area (Å²) in [6.07, 6.45) is -7.84. The molecule has 1 fully saturated rings. The topological polar surface area (TPSA) is 95.4 Å². The SMILES string of the molecule is C[C@H](Nc1cc(C(F)F)c(-c2sc(C(=O)O)nc2C(=O)N2CC(F)(F)C[C@@H]2C)cn1)C(F)(F)F.[K]. The number of aromatic nitrogens is 2. The first-order valence-corrected chi connectivity index (χ1v) is 10.5. The van der Waals surface area contributed by atoms with Gasteiger partial charge in [0.1, 0.15) is 17.6 Å². The van der Waals surface area contributed by atoms with Crippen molar-refractivity contribution < 1.29 is 45.4 Å². The average Bonchev–Trinajstić information content (AvgIpc) is 3.27. The Morgan fingerprint density at radius 2 is 1.94 bits per heavy atom. The van der Waals surface area contributed by atoms with Gasteiger partial charge in [-0.2, -0.15) is 13.2 Å². The summed E-state index contributed by atoms with van der Waals surface area (Å²) in [5, 5.41) is 10.6. The molecule has 0 aromatic carbocycles. The van der Waals surface area contributed by atoms with Crippen LogP contribution >= 0.6 is 11.3 Å². The van der Waals surface area contributed by atoms with Crippen LogP contribution in [0.4, 0.5) is 36.6 Å². The van der Waals surface area contributed by atoms with Crippen molar-refractivity contribution in [1.29, 1.82) is 0 Å². The third-order valence-electron chi connectivity index (χ3n) is 5.07. The zero-order chi connectivity index (χ0) is 25.6. The van der Waals surface area contributed by atoms with Crippen molar-refractivity contribution in [2.75, 3.05) is 11.9 Å². The molecule has 7 nitrogen and oxygen atoms in total. The van der Waals surface area contributed by atoms with Gasteiger partial charge < -0.3 is 15.3 Å². The number of rotatable bonds is 6. The van der Waals surface area contributed by atoms with Gasteiger partial charge in [0, 0.05) is 81.2 Å². The Hall–Kier alpha value is -1.33. The molecule has 1 amide bonds. The quantitative estimate of drug-likeness (QED) is 0.398. The monoisotopic (exact) mass is 553 g/mol. The molecule has 2 aromatic heterocycles. The fourth-order valence-corrected chi connectivity index (χ4v) is 4.31. The first-order chi connectivity index (χ1) is 15.6. The number of pyridine rings is 1. The normalized spacial score (nSPS) is 18.3. The number of nitrogens with zero attached hydrogens (tertiary/aromatic N) is 3. The van der Waals surface area contributed by atoms with Gasteiger partial charge in [0.2, 0.25) is 5.01 Å². The number of amides is 1. The van der Waals surface area contributed by atoms with E-state index in [-0.39, 0.29) is 56.3 Å². The van der Waals surface area contributed by atoms with Crippen LogP contribution in [0.2, 0.25) is 0 Å². The Kier molecular flexibility index (Phi) is 9.36. The summed E-state index contributed by atoms with van der Waals surface area (Å²) in [5.74, 6) is -6.41. The minimum atomic E-state index is -4.69.